The zero-order chi connectivity index (χ0) is 18.6. The number of amides is 1. The summed E-state index contributed by atoms with van der Waals surface area (Å²) in [7, 11) is 0. The zero-order valence-corrected chi connectivity index (χ0v) is 13.7. The second-order valence-corrected chi connectivity index (χ2v) is 5.33. The predicted molar refractivity (Wildman–Crippen MR) is 94.6 cm³/mol. The van der Waals surface area contributed by atoms with Crippen molar-refractivity contribution in [2.75, 3.05) is 5.32 Å². The monoisotopic (exact) mass is 360 g/mol. The first-order valence-corrected chi connectivity index (χ1v) is 7.31. The van der Waals surface area contributed by atoms with Crippen molar-refractivity contribution in [1.82, 2.24) is 5.32 Å². The summed E-state index contributed by atoms with van der Waals surface area (Å²) < 4.78 is 0. The summed E-state index contributed by atoms with van der Waals surface area (Å²) in [5, 5.41) is 26.6. The normalized spacial score (nSPS) is 9.96. The summed E-state index contributed by atoms with van der Waals surface area (Å²) in [6.07, 6.45) is 0. The van der Waals surface area contributed by atoms with E-state index in [1.807, 2.05) is 0 Å². The number of hydrogen-bond acceptors (Lipinski definition) is 6. The fourth-order valence-corrected chi connectivity index (χ4v) is 2.22. The van der Waals surface area contributed by atoms with Gasteiger partial charge in [-0.05, 0) is 37.3 Å². The molecule has 9 nitrogen and oxygen atoms in total. The number of nitro groups is 2. The highest BCUT2D eigenvalue weighted by atomic mass is 32.1. The van der Waals surface area contributed by atoms with E-state index >= 15 is 0 Å². The summed E-state index contributed by atoms with van der Waals surface area (Å²) in [5.74, 6) is -0.560. The molecule has 2 N–H and O–H groups in total. The van der Waals surface area contributed by atoms with E-state index in [1.54, 1.807) is 13.0 Å². The number of nitrogens with one attached hydrogen (secondary N) is 2. The van der Waals surface area contributed by atoms with Gasteiger partial charge < -0.3 is 5.32 Å². The number of carbonyl (C=O) groups excluding carboxylic acids is 1. The summed E-state index contributed by atoms with van der Waals surface area (Å²) in [6.45, 7) is 1.56. The molecule has 2 rings (SSSR count). The van der Waals surface area contributed by atoms with Crippen molar-refractivity contribution in [1.29, 1.82) is 0 Å². The van der Waals surface area contributed by atoms with Crippen LogP contribution in [0.4, 0.5) is 17.1 Å². The van der Waals surface area contributed by atoms with Gasteiger partial charge in [-0.25, -0.2) is 0 Å². The van der Waals surface area contributed by atoms with Gasteiger partial charge in [-0.1, -0.05) is 6.07 Å². The number of benzene rings is 2. The molecular weight excluding hydrogens is 348 g/mol. The number of thiocarbonyl (C=S) groups is 1. The van der Waals surface area contributed by atoms with Gasteiger partial charge in [0.2, 0.25) is 0 Å². The molecule has 0 radical (unpaired) electrons. The Kier molecular flexibility index (Phi) is 5.35. The predicted octanol–water partition coefficient (Wildman–Crippen LogP) is 2.94. The molecule has 25 heavy (non-hydrogen) atoms. The highest BCUT2D eigenvalue weighted by Crippen LogP contribution is 2.24. The number of hydrogen-bond donors (Lipinski definition) is 2. The second-order valence-electron chi connectivity index (χ2n) is 4.92. The molecule has 0 atom stereocenters. The molecule has 0 aliphatic heterocycles. The van der Waals surface area contributed by atoms with Gasteiger partial charge in [0.1, 0.15) is 0 Å². The third kappa shape index (κ3) is 4.32. The average molecular weight is 360 g/mol. The Labute approximate surface area is 147 Å². The lowest BCUT2D eigenvalue weighted by Gasteiger charge is -2.11. The molecule has 1 amide bonds. The molecular formula is C15H12N4O5S. The Morgan fingerprint density at radius 1 is 1.04 bits per heavy atom. The van der Waals surface area contributed by atoms with Crippen molar-refractivity contribution in [2.45, 2.75) is 6.92 Å². The lowest BCUT2D eigenvalue weighted by Crippen LogP contribution is -2.34. The summed E-state index contributed by atoms with van der Waals surface area (Å²) in [4.78, 5) is 32.5. The molecule has 0 aliphatic carbocycles. The first kappa shape index (κ1) is 17.9. The van der Waals surface area contributed by atoms with Crippen LogP contribution in [0.15, 0.2) is 42.5 Å². The van der Waals surface area contributed by atoms with E-state index in [0.29, 0.717) is 11.3 Å². The number of nitro benzene ring substituents is 2. The quantitative estimate of drug-likeness (QED) is 0.487. The van der Waals surface area contributed by atoms with E-state index in [2.05, 4.69) is 10.6 Å². The molecule has 0 unspecified atom stereocenters. The number of anilines is 1. The highest BCUT2D eigenvalue weighted by molar-refractivity contribution is 7.80. The molecule has 2 aromatic rings. The van der Waals surface area contributed by atoms with E-state index in [-0.39, 0.29) is 22.1 Å². The number of nitrogens with zero attached hydrogens (tertiary/aromatic N) is 2. The molecule has 0 fully saturated rings. The van der Waals surface area contributed by atoms with Crippen molar-refractivity contribution < 1.29 is 14.6 Å². The SMILES string of the molecule is Cc1c(NC(=S)NC(=O)c2ccc([N+](=O)[O-])cc2)cccc1[N+](=O)[O-]. The molecule has 0 aromatic heterocycles. The molecule has 0 aliphatic rings. The third-order valence-electron chi connectivity index (χ3n) is 3.32. The summed E-state index contributed by atoms with van der Waals surface area (Å²) in [6, 6.07) is 9.45. The Morgan fingerprint density at radius 3 is 2.24 bits per heavy atom. The van der Waals surface area contributed by atoms with Crippen LogP contribution in [0.1, 0.15) is 15.9 Å². The van der Waals surface area contributed by atoms with Crippen LogP contribution in [0, 0.1) is 27.2 Å². The standard InChI is InChI=1S/C15H12N4O5S/c1-9-12(3-2-4-13(9)19(23)24)16-15(25)17-14(20)10-5-7-11(8-6-10)18(21)22/h2-8H,1H3,(H2,16,17,20,25). The molecule has 0 saturated heterocycles. The number of carbonyl (C=O) groups is 1. The molecule has 0 spiro atoms. The van der Waals surface area contributed by atoms with Gasteiger partial charge in [0.25, 0.3) is 17.3 Å². The van der Waals surface area contributed by atoms with Gasteiger partial charge in [-0.15, -0.1) is 0 Å². The van der Waals surface area contributed by atoms with Gasteiger partial charge in [-0.2, -0.15) is 0 Å². The molecule has 0 heterocycles. The third-order valence-corrected chi connectivity index (χ3v) is 3.52. The molecule has 10 heteroatoms. The molecule has 0 saturated carbocycles. The number of rotatable bonds is 4. The van der Waals surface area contributed by atoms with Gasteiger partial charge in [0, 0.05) is 23.8 Å². The summed E-state index contributed by atoms with van der Waals surface area (Å²) in [5.41, 5.74) is 0.743. The maximum absolute atomic E-state index is 12.1. The van der Waals surface area contributed by atoms with Gasteiger partial charge in [-0.3, -0.25) is 30.3 Å². The topological polar surface area (TPSA) is 127 Å². The Bertz CT molecular complexity index is 867. The van der Waals surface area contributed by atoms with Crippen LogP contribution >= 0.6 is 12.2 Å². The Balaban J connectivity index is 2.07. The fraction of sp³-hybridized carbons (Fsp3) is 0.0667. The van der Waals surface area contributed by atoms with E-state index < -0.39 is 15.8 Å². The van der Waals surface area contributed by atoms with Crippen molar-refractivity contribution in [2.24, 2.45) is 0 Å². The lowest BCUT2D eigenvalue weighted by atomic mass is 10.1. The highest BCUT2D eigenvalue weighted by Gasteiger charge is 2.15. The van der Waals surface area contributed by atoms with Crippen molar-refractivity contribution in [3.05, 3.63) is 73.8 Å². The first-order chi connectivity index (χ1) is 11.8. The second kappa shape index (κ2) is 7.45. The van der Waals surface area contributed by atoms with E-state index in [9.17, 15) is 25.0 Å². The fourth-order valence-electron chi connectivity index (χ4n) is 2.02. The zero-order valence-electron chi connectivity index (χ0n) is 12.9. The average Bonchev–Trinajstić information content (AvgIpc) is 2.56. The van der Waals surface area contributed by atoms with E-state index in [0.717, 1.165) is 0 Å². The van der Waals surface area contributed by atoms with Crippen LogP contribution in [-0.2, 0) is 0 Å². The van der Waals surface area contributed by atoms with Crippen molar-refractivity contribution in [3.63, 3.8) is 0 Å². The van der Waals surface area contributed by atoms with Crippen LogP contribution in [0.5, 0.6) is 0 Å². The summed E-state index contributed by atoms with van der Waals surface area (Å²) >= 11 is 5.03. The van der Waals surface area contributed by atoms with Crippen LogP contribution in [0.2, 0.25) is 0 Å². The number of non-ortho nitro benzene ring substituents is 1. The van der Waals surface area contributed by atoms with Crippen LogP contribution in [0.3, 0.4) is 0 Å². The minimum absolute atomic E-state index is 0.0491. The Morgan fingerprint density at radius 2 is 1.68 bits per heavy atom. The Hall–Kier alpha value is -3.40. The molecule has 0 bridgehead atoms. The minimum Gasteiger partial charge on any atom is -0.332 e. The maximum Gasteiger partial charge on any atom is 0.274 e. The smallest absolute Gasteiger partial charge is 0.274 e. The maximum atomic E-state index is 12.1. The van der Waals surface area contributed by atoms with Gasteiger partial charge >= 0.3 is 0 Å². The first-order valence-electron chi connectivity index (χ1n) is 6.90. The largest absolute Gasteiger partial charge is 0.332 e. The van der Waals surface area contributed by atoms with Gasteiger partial charge in [0.15, 0.2) is 5.11 Å². The van der Waals surface area contributed by atoms with Crippen LogP contribution in [0.25, 0.3) is 0 Å². The molecule has 128 valence electrons. The minimum atomic E-state index is -0.570. The van der Waals surface area contributed by atoms with Crippen molar-refractivity contribution in [3.8, 4) is 0 Å². The molecule has 2 aromatic carbocycles. The van der Waals surface area contributed by atoms with E-state index in [4.69, 9.17) is 12.2 Å². The van der Waals surface area contributed by atoms with Crippen molar-refractivity contribution >= 4 is 40.3 Å². The lowest BCUT2D eigenvalue weighted by molar-refractivity contribution is -0.385. The van der Waals surface area contributed by atoms with Crippen LogP contribution < -0.4 is 10.6 Å². The van der Waals surface area contributed by atoms with E-state index in [1.165, 1.54) is 36.4 Å². The van der Waals surface area contributed by atoms with Crippen LogP contribution in [-0.4, -0.2) is 20.9 Å². The van der Waals surface area contributed by atoms with Gasteiger partial charge in [0.05, 0.1) is 21.1 Å².